The van der Waals surface area contributed by atoms with Gasteiger partial charge in [0, 0.05) is 21.8 Å². The Morgan fingerprint density at radius 2 is 1.93 bits per heavy atom. The van der Waals surface area contributed by atoms with Gasteiger partial charge in [0.1, 0.15) is 11.8 Å². The Kier molecular flexibility index (Phi) is 7.44. The first-order valence-electron chi connectivity index (χ1n) is 8.28. The topological polar surface area (TPSA) is 75.7 Å². The molecule has 0 saturated heterocycles. The highest BCUT2D eigenvalue weighted by Gasteiger charge is 2.30. The summed E-state index contributed by atoms with van der Waals surface area (Å²) in [5.41, 5.74) is 0. The van der Waals surface area contributed by atoms with Crippen molar-refractivity contribution in [3.05, 3.63) is 45.1 Å². The van der Waals surface area contributed by atoms with Crippen molar-refractivity contribution in [3.8, 4) is 5.75 Å². The summed E-state index contributed by atoms with van der Waals surface area (Å²) in [6, 6.07) is 7.14. The van der Waals surface area contributed by atoms with E-state index >= 15 is 0 Å². The molecule has 27 heavy (non-hydrogen) atoms. The van der Waals surface area contributed by atoms with Gasteiger partial charge in [-0.25, -0.2) is 8.42 Å². The van der Waals surface area contributed by atoms with Crippen LogP contribution in [0.25, 0.3) is 0 Å². The minimum absolute atomic E-state index is 0.0894. The number of nitrogens with one attached hydrogen (secondary N) is 1. The lowest BCUT2D eigenvalue weighted by atomic mass is 10.0. The highest BCUT2D eigenvalue weighted by molar-refractivity contribution is 9.10. The molecule has 0 radical (unpaired) electrons. The lowest BCUT2D eigenvalue weighted by Crippen LogP contribution is -2.49. The van der Waals surface area contributed by atoms with Gasteiger partial charge in [-0.3, -0.25) is 4.79 Å². The number of hydrogen-bond acceptors (Lipinski definition) is 5. The second-order valence-corrected chi connectivity index (χ2v) is 10.1. The number of methoxy groups -OCH3 is 1. The molecule has 6 nitrogen and oxygen atoms in total. The molecule has 0 bridgehead atoms. The van der Waals surface area contributed by atoms with Crippen LogP contribution in [0.4, 0.5) is 0 Å². The molecule has 0 saturated carbocycles. The van der Waals surface area contributed by atoms with Crippen LogP contribution in [0.2, 0.25) is 0 Å². The fraction of sp³-hybridized carbons (Fsp3) is 0.389. The van der Waals surface area contributed by atoms with Crippen molar-refractivity contribution < 1.29 is 17.9 Å². The maximum absolute atomic E-state index is 12.9. The minimum atomic E-state index is -3.83. The van der Waals surface area contributed by atoms with E-state index in [-0.39, 0.29) is 16.7 Å². The summed E-state index contributed by atoms with van der Waals surface area (Å²) in [6.45, 7) is 4.05. The van der Waals surface area contributed by atoms with Gasteiger partial charge in [0.2, 0.25) is 15.9 Å². The molecule has 1 amide bonds. The lowest BCUT2D eigenvalue weighted by Gasteiger charge is -2.26. The number of sulfonamides is 1. The van der Waals surface area contributed by atoms with Gasteiger partial charge in [-0.1, -0.05) is 13.8 Å². The number of halogens is 1. The number of benzene rings is 1. The Labute approximate surface area is 172 Å². The number of rotatable bonds is 8. The molecular formula is C18H23BrN2O4S2. The van der Waals surface area contributed by atoms with E-state index in [1.807, 2.05) is 25.3 Å². The Morgan fingerprint density at radius 1 is 1.30 bits per heavy atom. The van der Waals surface area contributed by atoms with Gasteiger partial charge >= 0.3 is 0 Å². The zero-order valence-electron chi connectivity index (χ0n) is 15.6. The lowest BCUT2D eigenvalue weighted by molar-refractivity contribution is -0.133. The standard InChI is InChI=1S/C18H23BrN2O4S2/c1-12(2)17(18(22)21(3)10-15-9-13(19)11-26-15)20-27(23,24)16-7-5-14(25-4)6-8-16/h5-9,11-12,17,20H,10H2,1-4H3/t17-/m0/s1. The van der Waals surface area contributed by atoms with E-state index in [4.69, 9.17) is 4.74 Å². The first-order chi connectivity index (χ1) is 12.6. The molecule has 2 rings (SSSR count). The number of hydrogen-bond donors (Lipinski definition) is 1. The average molecular weight is 475 g/mol. The van der Waals surface area contributed by atoms with Gasteiger partial charge in [0.15, 0.2) is 0 Å². The Bertz CT molecular complexity index is 879. The number of nitrogens with zero attached hydrogens (tertiary/aromatic N) is 1. The van der Waals surface area contributed by atoms with E-state index in [1.54, 1.807) is 24.1 Å². The van der Waals surface area contributed by atoms with Crippen LogP contribution >= 0.6 is 27.3 Å². The smallest absolute Gasteiger partial charge is 0.241 e. The Balaban J connectivity index is 2.16. The van der Waals surface area contributed by atoms with Crippen LogP contribution in [0.3, 0.4) is 0 Å². The van der Waals surface area contributed by atoms with Gasteiger partial charge in [0.05, 0.1) is 18.6 Å². The highest BCUT2D eigenvalue weighted by Crippen LogP contribution is 2.22. The molecule has 1 N–H and O–H groups in total. The van der Waals surface area contributed by atoms with E-state index < -0.39 is 16.1 Å². The first-order valence-corrected chi connectivity index (χ1v) is 11.4. The normalized spacial score (nSPS) is 12.8. The van der Waals surface area contributed by atoms with Crippen molar-refractivity contribution in [1.29, 1.82) is 0 Å². The second-order valence-electron chi connectivity index (χ2n) is 6.44. The number of thiophene rings is 1. The van der Waals surface area contributed by atoms with Crippen LogP contribution in [-0.4, -0.2) is 39.4 Å². The van der Waals surface area contributed by atoms with Crippen molar-refractivity contribution in [1.82, 2.24) is 9.62 Å². The average Bonchev–Trinajstić information content (AvgIpc) is 3.03. The van der Waals surface area contributed by atoms with Crippen molar-refractivity contribution in [2.75, 3.05) is 14.2 Å². The summed E-state index contributed by atoms with van der Waals surface area (Å²) < 4.78 is 34.0. The van der Waals surface area contributed by atoms with Crippen LogP contribution in [0.15, 0.2) is 45.1 Å². The summed E-state index contributed by atoms with van der Waals surface area (Å²) >= 11 is 4.93. The van der Waals surface area contributed by atoms with E-state index in [1.165, 1.54) is 30.6 Å². The van der Waals surface area contributed by atoms with Gasteiger partial charge in [0.25, 0.3) is 0 Å². The summed E-state index contributed by atoms with van der Waals surface area (Å²) in [5.74, 6) is 0.0851. The van der Waals surface area contributed by atoms with E-state index in [9.17, 15) is 13.2 Å². The fourth-order valence-electron chi connectivity index (χ4n) is 2.45. The molecule has 1 aromatic carbocycles. The van der Waals surface area contributed by atoms with Crippen LogP contribution < -0.4 is 9.46 Å². The number of ether oxygens (including phenoxy) is 1. The molecular weight excluding hydrogens is 452 g/mol. The molecule has 0 unspecified atom stereocenters. The SMILES string of the molecule is COc1ccc(S(=O)(=O)N[C@H](C(=O)N(C)Cc2cc(Br)cs2)C(C)C)cc1. The summed E-state index contributed by atoms with van der Waals surface area (Å²) in [5, 5.41) is 1.94. The molecule has 2 aromatic rings. The third-order valence-corrected chi connectivity index (χ3v) is 7.11. The van der Waals surface area contributed by atoms with E-state index in [0.717, 1.165) is 9.35 Å². The molecule has 0 aliphatic heterocycles. The second kappa shape index (κ2) is 9.18. The van der Waals surface area contributed by atoms with Gasteiger partial charge < -0.3 is 9.64 Å². The zero-order valence-corrected chi connectivity index (χ0v) is 18.8. The molecule has 148 valence electrons. The monoisotopic (exact) mass is 474 g/mol. The molecule has 1 heterocycles. The third-order valence-electron chi connectivity index (χ3n) is 3.98. The van der Waals surface area contributed by atoms with Crippen molar-refractivity contribution in [2.45, 2.75) is 31.3 Å². The van der Waals surface area contributed by atoms with E-state index in [2.05, 4.69) is 20.7 Å². The molecule has 0 aliphatic rings. The van der Waals surface area contributed by atoms with E-state index in [0.29, 0.717) is 12.3 Å². The number of amides is 1. The fourth-order valence-corrected chi connectivity index (χ4v) is 5.29. The maximum Gasteiger partial charge on any atom is 0.241 e. The predicted octanol–water partition coefficient (Wildman–Crippen LogP) is 3.48. The predicted molar refractivity (Wildman–Crippen MR) is 110 cm³/mol. The maximum atomic E-state index is 12.9. The highest BCUT2D eigenvalue weighted by atomic mass is 79.9. The van der Waals surface area contributed by atoms with Crippen LogP contribution in [0.1, 0.15) is 18.7 Å². The van der Waals surface area contributed by atoms with Crippen molar-refractivity contribution in [3.63, 3.8) is 0 Å². The third kappa shape index (κ3) is 5.78. The molecule has 9 heteroatoms. The van der Waals surface area contributed by atoms with Crippen molar-refractivity contribution >= 4 is 43.2 Å². The summed E-state index contributed by atoms with van der Waals surface area (Å²) in [6.07, 6.45) is 0. The molecule has 0 aliphatic carbocycles. The number of carbonyl (C=O) groups is 1. The number of carbonyl (C=O) groups excluding carboxylic acids is 1. The quantitative estimate of drug-likeness (QED) is 0.635. The van der Waals surface area contributed by atoms with Crippen LogP contribution in [-0.2, 0) is 21.4 Å². The van der Waals surface area contributed by atoms with Gasteiger partial charge in [-0.15, -0.1) is 11.3 Å². The first kappa shape index (κ1) is 21.9. The Morgan fingerprint density at radius 3 is 2.41 bits per heavy atom. The van der Waals surface area contributed by atoms with Crippen LogP contribution in [0.5, 0.6) is 5.75 Å². The Hall–Kier alpha value is -1.42. The number of likely N-dealkylation sites (N-methyl/N-ethyl adjacent to an activating group) is 1. The minimum Gasteiger partial charge on any atom is -0.497 e. The summed E-state index contributed by atoms with van der Waals surface area (Å²) in [7, 11) is -0.650. The van der Waals surface area contributed by atoms with Crippen molar-refractivity contribution in [2.24, 2.45) is 5.92 Å². The molecule has 1 aromatic heterocycles. The van der Waals surface area contributed by atoms with Gasteiger partial charge in [-0.05, 0) is 52.2 Å². The van der Waals surface area contributed by atoms with Crippen LogP contribution in [0, 0.1) is 5.92 Å². The molecule has 1 atom stereocenters. The molecule has 0 fully saturated rings. The largest absolute Gasteiger partial charge is 0.497 e. The zero-order chi connectivity index (χ0) is 20.2. The van der Waals surface area contributed by atoms with Gasteiger partial charge in [-0.2, -0.15) is 4.72 Å². The summed E-state index contributed by atoms with van der Waals surface area (Å²) in [4.78, 5) is 15.5. The molecule has 0 spiro atoms.